The van der Waals surface area contributed by atoms with Gasteiger partial charge in [0.05, 0.1) is 10.9 Å². The number of amides is 1. The molecule has 0 spiro atoms. The van der Waals surface area contributed by atoms with Crippen LogP contribution in [0.4, 0.5) is 5.69 Å². The van der Waals surface area contributed by atoms with Gasteiger partial charge >= 0.3 is 0 Å². The van der Waals surface area contributed by atoms with E-state index >= 15 is 0 Å². The lowest BCUT2D eigenvalue weighted by molar-refractivity contribution is -0.115. The Balaban J connectivity index is 2.25. The number of nitrogens with one attached hydrogen (secondary N) is 1. The molecule has 1 aliphatic heterocycles. The molecule has 0 aromatic heterocycles. The second-order valence-electron chi connectivity index (χ2n) is 4.48. The van der Waals surface area contributed by atoms with Gasteiger partial charge in [0.2, 0.25) is 5.91 Å². The van der Waals surface area contributed by atoms with Crippen LogP contribution in [0.2, 0.25) is 0 Å². The molecule has 2 atom stereocenters. The van der Waals surface area contributed by atoms with Gasteiger partial charge in [-0.15, -0.1) is 11.8 Å². The van der Waals surface area contributed by atoms with Gasteiger partial charge in [-0.25, -0.2) is 0 Å². The summed E-state index contributed by atoms with van der Waals surface area (Å²) in [6.07, 6.45) is 0.969. The van der Waals surface area contributed by atoms with Crippen molar-refractivity contribution in [2.45, 2.75) is 36.3 Å². The standard InChI is InChI=1S/C13H18N2OS/c1-8(5-6-14)10-3-4-12-11(7-10)15-13(16)9(2)17-12/h3-4,7-9H,5-6,14H2,1-2H3,(H,15,16). The van der Waals surface area contributed by atoms with Crippen LogP contribution in [-0.2, 0) is 4.79 Å². The predicted octanol–water partition coefficient (Wildman–Crippen LogP) is 2.57. The molecular weight excluding hydrogens is 232 g/mol. The number of carbonyl (C=O) groups is 1. The second kappa shape index (κ2) is 5.10. The lowest BCUT2D eigenvalue weighted by Crippen LogP contribution is -2.26. The van der Waals surface area contributed by atoms with Gasteiger partial charge in [0.15, 0.2) is 0 Å². The molecule has 0 aliphatic carbocycles. The third-order valence-electron chi connectivity index (χ3n) is 3.10. The van der Waals surface area contributed by atoms with Crippen LogP contribution in [0.15, 0.2) is 23.1 Å². The summed E-state index contributed by atoms with van der Waals surface area (Å²) in [5, 5.41) is 2.95. The normalized spacial score (nSPS) is 20.6. The van der Waals surface area contributed by atoms with E-state index in [2.05, 4.69) is 30.4 Å². The molecule has 0 saturated heterocycles. The number of hydrogen-bond acceptors (Lipinski definition) is 3. The molecule has 0 fully saturated rings. The van der Waals surface area contributed by atoms with Crippen molar-refractivity contribution in [1.29, 1.82) is 0 Å². The smallest absolute Gasteiger partial charge is 0.237 e. The molecule has 1 heterocycles. The monoisotopic (exact) mass is 250 g/mol. The van der Waals surface area contributed by atoms with Crippen molar-refractivity contribution < 1.29 is 4.79 Å². The average molecular weight is 250 g/mol. The average Bonchev–Trinajstić information content (AvgIpc) is 2.30. The third-order valence-corrected chi connectivity index (χ3v) is 4.28. The van der Waals surface area contributed by atoms with E-state index in [1.54, 1.807) is 11.8 Å². The van der Waals surface area contributed by atoms with Crippen molar-refractivity contribution in [2.24, 2.45) is 5.73 Å². The Bertz CT molecular complexity index is 433. The van der Waals surface area contributed by atoms with Crippen LogP contribution in [0.1, 0.15) is 31.7 Å². The molecule has 2 rings (SSSR count). The Morgan fingerprint density at radius 1 is 1.53 bits per heavy atom. The van der Waals surface area contributed by atoms with E-state index in [9.17, 15) is 4.79 Å². The van der Waals surface area contributed by atoms with Crippen LogP contribution >= 0.6 is 11.8 Å². The fourth-order valence-corrected chi connectivity index (χ4v) is 2.88. The van der Waals surface area contributed by atoms with Crippen molar-refractivity contribution in [3.8, 4) is 0 Å². The van der Waals surface area contributed by atoms with Crippen molar-refractivity contribution >= 4 is 23.4 Å². The van der Waals surface area contributed by atoms with Gasteiger partial charge in [-0.3, -0.25) is 4.79 Å². The van der Waals surface area contributed by atoms with Crippen LogP contribution in [-0.4, -0.2) is 17.7 Å². The van der Waals surface area contributed by atoms with Gasteiger partial charge in [-0.05, 0) is 43.5 Å². The zero-order valence-corrected chi connectivity index (χ0v) is 11.0. The maximum atomic E-state index is 11.6. The zero-order chi connectivity index (χ0) is 12.4. The molecular formula is C13H18N2OS. The minimum absolute atomic E-state index is 0.00480. The molecule has 3 nitrogen and oxygen atoms in total. The van der Waals surface area contributed by atoms with Crippen molar-refractivity contribution in [2.75, 3.05) is 11.9 Å². The highest BCUT2D eigenvalue weighted by molar-refractivity contribution is 8.00. The molecule has 0 bridgehead atoms. The first-order valence-corrected chi connectivity index (χ1v) is 6.81. The van der Waals surface area contributed by atoms with Crippen LogP contribution < -0.4 is 11.1 Å². The van der Waals surface area contributed by atoms with Gasteiger partial charge in [-0.2, -0.15) is 0 Å². The molecule has 1 aliphatic rings. The predicted molar refractivity (Wildman–Crippen MR) is 72.5 cm³/mol. The Kier molecular flexibility index (Phi) is 3.74. The van der Waals surface area contributed by atoms with Gasteiger partial charge in [0, 0.05) is 4.90 Å². The largest absolute Gasteiger partial charge is 0.330 e. The third kappa shape index (κ3) is 2.64. The summed E-state index contributed by atoms with van der Waals surface area (Å²) in [7, 11) is 0. The summed E-state index contributed by atoms with van der Waals surface area (Å²) in [5.41, 5.74) is 7.76. The van der Waals surface area contributed by atoms with Crippen LogP contribution in [0.3, 0.4) is 0 Å². The van der Waals surface area contributed by atoms with Crippen LogP contribution in [0.5, 0.6) is 0 Å². The van der Waals surface area contributed by atoms with E-state index < -0.39 is 0 Å². The summed E-state index contributed by atoms with van der Waals surface area (Å²) < 4.78 is 0. The number of benzene rings is 1. The molecule has 2 unspecified atom stereocenters. The Morgan fingerprint density at radius 2 is 2.29 bits per heavy atom. The van der Waals surface area contributed by atoms with E-state index in [1.165, 1.54) is 5.56 Å². The molecule has 17 heavy (non-hydrogen) atoms. The van der Waals surface area contributed by atoms with Gasteiger partial charge in [-0.1, -0.05) is 13.0 Å². The zero-order valence-electron chi connectivity index (χ0n) is 10.2. The van der Waals surface area contributed by atoms with Crippen LogP contribution in [0.25, 0.3) is 0 Å². The number of anilines is 1. The molecule has 4 heteroatoms. The minimum Gasteiger partial charge on any atom is -0.330 e. The van der Waals surface area contributed by atoms with E-state index in [0.717, 1.165) is 17.0 Å². The highest BCUT2D eigenvalue weighted by Crippen LogP contribution is 2.37. The molecule has 1 amide bonds. The number of thioether (sulfide) groups is 1. The summed E-state index contributed by atoms with van der Waals surface area (Å²) in [6, 6.07) is 6.31. The topological polar surface area (TPSA) is 55.1 Å². The maximum Gasteiger partial charge on any atom is 0.237 e. The lowest BCUT2D eigenvalue weighted by atomic mass is 9.97. The van der Waals surface area contributed by atoms with Gasteiger partial charge < -0.3 is 11.1 Å². The van der Waals surface area contributed by atoms with Crippen molar-refractivity contribution in [1.82, 2.24) is 0 Å². The van der Waals surface area contributed by atoms with Crippen LogP contribution in [0, 0.1) is 0 Å². The molecule has 0 saturated carbocycles. The minimum atomic E-state index is -0.00480. The van der Waals surface area contributed by atoms with Crippen molar-refractivity contribution in [3.63, 3.8) is 0 Å². The SMILES string of the molecule is CC1Sc2ccc(C(C)CCN)cc2NC1=O. The molecule has 92 valence electrons. The lowest BCUT2D eigenvalue weighted by Gasteiger charge is -2.23. The number of carbonyl (C=O) groups excluding carboxylic acids is 1. The fraction of sp³-hybridized carbons (Fsp3) is 0.462. The highest BCUT2D eigenvalue weighted by Gasteiger charge is 2.23. The summed E-state index contributed by atoms with van der Waals surface area (Å²) in [5.74, 6) is 0.526. The summed E-state index contributed by atoms with van der Waals surface area (Å²) in [4.78, 5) is 12.8. The molecule has 0 radical (unpaired) electrons. The molecule has 3 N–H and O–H groups in total. The number of fused-ring (bicyclic) bond motifs is 1. The first-order valence-electron chi connectivity index (χ1n) is 5.93. The Hall–Kier alpha value is -1.00. The van der Waals surface area contributed by atoms with E-state index in [0.29, 0.717) is 12.5 Å². The van der Waals surface area contributed by atoms with Gasteiger partial charge in [0.25, 0.3) is 0 Å². The Labute approximate surface area is 106 Å². The fourth-order valence-electron chi connectivity index (χ4n) is 1.95. The molecule has 1 aromatic rings. The summed E-state index contributed by atoms with van der Waals surface area (Å²) in [6.45, 7) is 4.78. The van der Waals surface area contributed by atoms with Gasteiger partial charge in [0.1, 0.15) is 0 Å². The number of nitrogens with two attached hydrogens (primary N) is 1. The van der Waals surface area contributed by atoms with E-state index in [1.807, 2.05) is 6.92 Å². The van der Waals surface area contributed by atoms with E-state index in [4.69, 9.17) is 5.73 Å². The second-order valence-corrected chi connectivity index (χ2v) is 5.87. The molecule has 1 aromatic carbocycles. The Morgan fingerprint density at radius 3 is 3.00 bits per heavy atom. The quantitative estimate of drug-likeness (QED) is 0.867. The van der Waals surface area contributed by atoms with Crippen molar-refractivity contribution in [3.05, 3.63) is 23.8 Å². The first kappa shape index (κ1) is 12.5. The highest BCUT2D eigenvalue weighted by atomic mass is 32.2. The van der Waals surface area contributed by atoms with E-state index in [-0.39, 0.29) is 11.2 Å². The number of rotatable bonds is 3. The summed E-state index contributed by atoms with van der Waals surface area (Å²) >= 11 is 1.62. The number of hydrogen-bond donors (Lipinski definition) is 2. The maximum absolute atomic E-state index is 11.6. The first-order chi connectivity index (χ1) is 8.11.